The summed E-state index contributed by atoms with van der Waals surface area (Å²) >= 11 is 4.15. The van der Waals surface area contributed by atoms with Crippen LogP contribution in [-0.2, 0) is 14.8 Å². The van der Waals surface area contributed by atoms with Crippen LogP contribution in [0.2, 0.25) is 0 Å². The maximum Gasteiger partial charge on any atom is 0.305 e. The van der Waals surface area contributed by atoms with Crippen LogP contribution < -0.4 is 4.72 Å². The third kappa shape index (κ3) is 4.20. The SMILES string of the molecule is O=C(O)CC(NS(=O)(=O)CBr)c1cccs1. The molecule has 0 aliphatic heterocycles. The Hall–Kier alpha value is -0.440. The van der Waals surface area contributed by atoms with Crippen LogP contribution in [0.1, 0.15) is 17.3 Å². The topological polar surface area (TPSA) is 83.5 Å². The molecule has 1 aromatic heterocycles. The highest BCUT2D eigenvalue weighted by Gasteiger charge is 2.21. The average molecular weight is 328 g/mol. The van der Waals surface area contributed by atoms with E-state index in [-0.39, 0.29) is 11.1 Å². The van der Waals surface area contributed by atoms with E-state index in [0.29, 0.717) is 4.88 Å². The summed E-state index contributed by atoms with van der Waals surface area (Å²) < 4.78 is 24.8. The van der Waals surface area contributed by atoms with E-state index in [9.17, 15) is 13.2 Å². The zero-order chi connectivity index (χ0) is 12.2. The lowest BCUT2D eigenvalue weighted by molar-refractivity contribution is -0.137. The fraction of sp³-hybridized carbons (Fsp3) is 0.375. The Kier molecular flexibility index (Phi) is 4.90. The van der Waals surface area contributed by atoms with Crippen molar-refractivity contribution in [1.29, 1.82) is 0 Å². The minimum Gasteiger partial charge on any atom is -0.481 e. The first-order valence-corrected chi connectivity index (χ1v) is 7.91. The van der Waals surface area contributed by atoms with Crippen molar-refractivity contribution in [2.45, 2.75) is 12.5 Å². The standard InChI is InChI=1S/C8H10BrNO4S2/c9-5-16(13,14)10-6(4-8(11)12)7-2-1-3-15-7/h1-3,6,10H,4-5H2,(H,11,12). The monoisotopic (exact) mass is 327 g/mol. The Bertz CT molecular complexity index is 443. The number of nitrogens with one attached hydrogen (secondary N) is 1. The van der Waals surface area contributed by atoms with E-state index in [1.54, 1.807) is 17.5 Å². The predicted molar refractivity (Wildman–Crippen MR) is 65.2 cm³/mol. The molecule has 1 atom stereocenters. The number of aliphatic carboxylic acids is 1. The van der Waals surface area contributed by atoms with Crippen LogP contribution in [0.5, 0.6) is 0 Å². The highest BCUT2D eigenvalue weighted by molar-refractivity contribution is 9.10. The maximum atomic E-state index is 11.3. The van der Waals surface area contributed by atoms with Gasteiger partial charge in [0.05, 0.1) is 12.5 Å². The molecule has 1 rings (SSSR count). The molecule has 0 fully saturated rings. The van der Waals surface area contributed by atoms with Gasteiger partial charge in [-0.25, -0.2) is 13.1 Å². The molecular formula is C8H10BrNO4S2. The second-order valence-corrected chi connectivity index (χ2v) is 7.04. The molecule has 1 heterocycles. The highest BCUT2D eigenvalue weighted by atomic mass is 79.9. The van der Waals surface area contributed by atoms with E-state index < -0.39 is 22.0 Å². The summed E-state index contributed by atoms with van der Waals surface area (Å²) in [4.78, 5) is 11.3. The van der Waals surface area contributed by atoms with Gasteiger partial charge in [-0.3, -0.25) is 4.79 Å². The molecule has 0 bridgehead atoms. The van der Waals surface area contributed by atoms with Gasteiger partial charge >= 0.3 is 5.97 Å². The number of carbonyl (C=O) groups is 1. The fourth-order valence-corrected chi connectivity index (χ4v) is 3.07. The number of carboxylic acid groups (broad SMARTS) is 1. The molecule has 0 spiro atoms. The van der Waals surface area contributed by atoms with Gasteiger partial charge in [0.15, 0.2) is 0 Å². The smallest absolute Gasteiger partial charge is 0.305 e. The predicted octanol–water partition coefficient (Wildman–Crippen LogP) is 1.54. The minimum absolute atomic E-state index is 0.249. The van der Waals surface area contributed by atoms with Crippen molar-refractivity contribution < 1.29 is 18.3 Å². The van der Waals surface area contributed by atoms with Crippen molar-refractivity contribution in [3.05, 3.63) is 22.4 Å². The molecule has 0 radical (unpaired) electrons. The second-order valence-electron chi connectivity index (χ2n) is 3.01. The number of halogens is 1. The molecule has 0 saturated carbocycles. The average Bonchev–Trinajstić information content (AvgIpc) is 2.68. The number of hydrogen-bond acceptors (Lipinski definition) is 4. The second kappa shape index (κ2) is 5.76. The van der Waals surface area contributed by atoms with Crippen molar-refractivity contribution in [1.82, 2.24) is 4.72 Å². The van der Waals surface area contributed by atoms with E-state index in [1.807, 2.05) is 0 Å². The molecule has 0 aromatic carbocycles. The summed E-state index contributed by atoms with van der Waals surface area (Å²) in [5.41, 5.74) is 0. The number of sulfonamides is 1. The summed E-state index contributed by atoms with van der Waals surface area (Å²) in [7, 11) is -3.48. The molecular weight excluding hydrogens is 318 g/mol. The van der Waals surface area contributed by atoms with Crippen LogP contribution in [0, 0.1) is 0 Å². The molecule has 1 aromatic rings. The summed E-state index contributed by atoms with van der Waals surface area (Å²) in [6, 6.07) is 2.74. The molecule has 16 heavy (non-hydrogen) atoms. The van der Waals surface area contributed by atoms with E-state index in [2.05, 4.69) is 20.7 Å². The van der Waals surface area contributed by atoms with Crippen molar-refractivity contribution in [3.8, 4) is 0 Å². The van der Waals surface area contributed by atoms with Crippen LogP contribution >= 0.6 is 27.3 Å². The van der Waals surface area contributed by atoms with Crippen molar-refractivity contribution in [2.75, 3.05) is 4.66 Å². The van der Waals surface area contributed by atoms with Crippen LogP contribution in [-0.4, -0.2) is 24.2 Å². The molecule has 0 saturated heterocycles. The summed E-state index contributed by atoms with van der Waals surface area (Å²) in [5, 5.41) is 10.5. The summed E-state index contributed by atoms with van der Waals surface area (Å²) in [5.74, 6) is -1.05. The Morgan fingerprint density at radius 3 is 2.75 bits per heavy atom. The zero-order valence-corrected chi connectivity index (χ0v) is 11.3. The Balaban J connectivity index is 2.85. The number of rotatable bonds is 6. The van der Waals surface area contributed by atoms with Gasteiger partial charge in [-0.15, -0.1) is 11.3 Å². The number of thiophene rings is 1. The normalized spacial score (nSPS) is 13.6. The van der Waals surface area contributed by atoms with Gasteiger partial charge in [-0.1, -0.05) is 22.0 Å². The van der Waals surface area contributed by atoms with Crippen LogP contribution in [0.4, 0.5) is 0 Å². The quantitative estimate of drug-likeness (QED) is 0.776. The van der Waals surface area contributed by atoms with Crippen molar-refractivity contribution >= 4 is 43.3 Å². The molecule has 8 heteroatoms. The van der Waals surface area contributed by atoms with E-state index in [1.165, 1.54) is 11.3 Å². The van der Waals surface area contributed by atoms with E-state index in [0.717, 1.165) is 0 Å². The van der Waals surface area contributed by atoms with Gasteiger partial charge in [0, 0.05) is 4.88 Å². The van der Waals surface area contributed by atoms with Gasteiger partial charge in [0.1, 0.15) is 4.66 Å². The first-order valence-electron chi connectivity index (χ1n) is 4.26. The lowest BCUT2D eigenvalue weighted by Crippen LogP contribution is -2.30. The third-order valence-corrected chi connectivity index (χ3v) is 5.46. The molecule has 0 aliphatic carbocycles. The van der Waals surface area contributed by atoms with Crippen molar-refractivity contribution in [3.63, 3.8) is 0 Å². The van der Waals surface area contributed by atoms with E-state index in [4.69, 9.17) is 5.11 Å². The first-order chi connectivity index (χ1) is 7.44. The highest BCUT2D eigenvalue weighted by Crippen LogP contribution is 2.23. The van der Waals surface area contributed by atoms with Crippen molar-refractivity contribution in [2.24, 2.45) is 0 Å². The largest absolute Gasteiger partial charge is 0.481 e. The van der Waals surface area contributed by atoms with Gasteiger partial charge in [-0.2, -0.15) is 0 Å². The number of carboxylic acids is 1. The Labute approximate surface area is 106 Å². The number of alkyl halides is 1. The molecule has 2 N–H and O–H groups in total. The summed E-state index contributed by atoms with van der Waals surface area (Å²) in [6.45, 7) is 0. The molecule has 0 amide bonds. The lowest BCUT2D eigenvalue weighted by atomic mass is 10.2. The number of hydrogen-bond donors (Lipinski definition) is 2. The van der Waals surface area contributed by atoms with Crippen LogP contribution in [0.25, 0.3) is 0 Å². The minimum atomic E-state index is -3.48. The maximum absolute atomic E-state index is 11.3. The Morgan fingerprint density at radius 1 is 1.62 bits per heavy atom. The molecule has 1 unspecified atom stereocenters. The molecule has 0 aliphatic rings. The zero-order valence-electron chi connectivity index (χ0n) is 8.09. The summed E-state index contributed by atoms with van der Waals surface area (Å²) in [6.07, 6.45) is -0.271. The van der Waals surface area contributed by atoms with Crippen LogP contribution in [0.3, 0.4) is 0 Å². The van der Waals surface area contributed by atoms with Gasteiger partial charge in [0.2, 0.25) is 10.0 Å². The van der Waals surface area contributed by atoms with Gasteiger partial charge < -0.3 is 5.11 Å². The lowest BCUT2D eigenvalue weighted by Gasteiger charge is -2.14. The van der Waals surface area contributed by atoms with E-state index >= 15 is 0 Å². The Morgan fingerprint density at radius 2 is 2.31 bits per heavy atom. The van der Waals surface area contributed by atoms with Gasteiger partial charge in [0.25, 0.3) is 0 Å². The molecule has 5 nitrogen and oxygen atoms in total. The fourth-order valence-electron chi connectivity index (χ4n) is 1.11. The first kappa shape index (κ1) is 13.6. The third-order valence-electron chi connectivity index (χ3n) is 1.73. The van der Waals surface area contributed by atoms with Crippen LogP contribution in [0.15, 0.2) is 17.5 Å². The van der Waals surface area contributed by atoms with Gasteiger partial charge in [-0.05, 0) is 11.4 Å². The molecule has 90 valence electrons.